The minimum atomic E-state index is -3.40. The molecule has 0 heterocycles. The Morgan fingerprint density at radius 2 is 1.86 bits per heavy atom. The van der Waals surface area contributed by atoms with Gasteiger partial charge in [0, 0.05) is 12.4 Å². The van der Waals surface area contributed by atoms with E-state index in [1.165, 1.54) is 19.3 Å². The fraction of sp³-hybridized carbons (Fsp3) is 0.625. The summed E-state index contributed by atoms with van der Waals surface area (Å²) in [6, 6.07) is 6.99. The number of halogens is 1. The van der Waals surface area contributed by atoms with Gasteiger partial charge in [0.15, 0.2) is 0 Å². The molecule has 118 valence electrons. The third kappa shape index (κ3) is 4.70. The summed E-state index contributed by atoms with van der Waals surface area (Å²) in [4.78, 5) is 0.337. The zero-order valence-corrected chi connectivity index (χ0v) is 14.1. The minimum absolute atomic E-state index is 0.337. The van der Waals surface area contributed by atoms with Gasteiger partial charge in [-0.3, -0.25) is 0 Å². The van der Waals surface area contributed by atoms with Gasteiger partial charge in [0.25, 0.3) is 0 Å². The van der Waals surface area contributed by atoms with E-state index < -0.39 is 10.0 Å². The Labute approximate surface area is 133 Å². The lowest BCUT2D eigenvalue weighted by atomic mass is 9.81. The third-order valence-electron chi connectivity index (χ3n) is 4.44. The van der Waals surface area contributed by atoms with Crippen LogP contribution in [0.2, 0.25) is 0 Å². The maximum Gasteiger partial charge on any atom is 0.240 e. The Kier molecular flexibility index (Phi) is 6.08. The van der Waals surface area contributed by atoms with Crippen LogP contribution in [0.5, 0.6) is 0 Å². The van der Waals surface area contributed by atoms with E-state index >= 15 is 0 Å². The summed E-state index contributed by atoms with van der Waals surface area (Å²) in [5.41, 5.74) is 1.06. The van der Waals surface area contributed by atoms with E-state index in [2.05, 4.69) is 11.6 Å². The van der Waals surface area contributed by atoms with E-state index in [4.69, 9.17) is 11.6 Å². The standard InChI is InChI=1S/C16H24ClNO2S/c1-13-4-2-3-5-15(13)12-18-21(19,20)16-8-6-14(7-9-16)10-11-17/h6-9,13,15,18H,2-5,10-12H2,1H3. The molecule has 0 aromatic heterocycles. The van der Waals surface area contributed by atoms with E-state index in [1.54, 1.807) is 12.1 Å². The molecule has 0 amide bonds. The van der Waals surface area contributed by atoms with Crippen molar-refractivity contribution in [2.75, 3.05) is 12.4 Å². The van der Waals surface area contributed by atoms with E-state index in [1.807, 2.05) is 12.1 Å². The topological polar surface area (TPSA) is 46.2 Å². The Morgan fingerprint density at radius 1 is 1.19 bits per heavy atom. The molecule has 2 unspecified atom stereocenters. The summed E-state index contributed by atoms with van der Waals surface area (Å²) in [6.45, 7) is 2.77. The molecule has 0 saturated heterocycles. The second-order valence-corrected chi connectivity index (χ2v) is 8.10. The average molecular weight is 330 g/mol. The normalized spacial score (nSPS) is 23.1. The first-order valence-corrected chi connectivity index (χ1v) is 9.69. The highest BCUT2D eigenvalue weighted by Crippen LogP contribution is 2.29. The maximum absolute atomic E-state index is 12.3. The number of sulfonamides is 1. The van der Waals surface area contributed by atoms with Gasteiger partial charge >= 0.3 is 0 Å². The van der Waals surface area contributed by atoms with E-state index in [0.29, 0.717) is 29.2 Å². The Hall–Kier alpha value is -0.580. The van der Waals surface area contributed by atoms with Gasteiger partial charge in [0.2, 0.25) is 10.0 Å². The number of aryl methyl sites for hydroxylation is 1. The largest absolute Gasteiger partial charge is 0.240 e. The van der Waals surface area contributed by atoms with Gasteiger partial charge in [-0.1, -0.05) is 38.3 Å². The minimum Gasteiger partial charge on any atom is -0.211 e. The van der Waals surface area contributed by atoms with Crippen LogP contribution in [0.25, 0.3) is 0 Å². The van der Waals surface area contributed by atoms with E-state index in [-0.39, 0.29) is 0 Å². The molecule has 0 radical (unpaired) electrons. The maximum atomic E-state index is 12.3. The van der Waals surface area contributed by atoms with Crippen LogP contribution in [-0.2, 0) is 16.4 Å². The average Bonchev–Trinajstić information content (AvgIpc) is 2.47. The van der Waals surface area contributed by atoms with Crippen molar-refractivity contribution < 1.29 is 8.42 Å². The molecule has 0 bridgehead atoms. The first kappa shape index (κ1) is 16.8. The fourth-order valence-corrected chi connectivity index (χ4v) is 4.25. The summed E-state index contributed by atoms with van der Waals surface area (Å²) in [5.74, 6) is 1.61. The highest BCUT2D eigenvalue weighted by molar-refractivity contribution is 7.89. The molecule has 3 nitrogen and oxygen atoms in total. The fourth-order valence-electron chi connectivity index (χ4n) is 2.94. The van der Waals surface area contributed by atoms with Crippen LogP contribution in [-0.4, -0.2) is 20.8 Å². The van der Waals surface area contributed by atoms with Gasteiger partial charge in [0.1, 0.15) is 0 Å². The van der Waals surface area contributed by atoms with Crippen molar-refractivity contribution >= 4 is 21.6 Å². The molecule has 21 heavy (non-hydrogen) atoms. The molecule has 2 rings (SSSR count). The van der Waals surface area contributed by atoms with Crippen molar-refractivity contribution in [1.29, 1.82) is 0 Å². The molecule has 1 saturated carbocycles. The van der Waals surface area contributed by atoms with Crippen LogP contribution in [0.4, 0.5) is 0 Å². The van der Waals surface area contributed by atoms with Gasteiger partial charge < -0.3 is 0 Å². The molecule has 1 N–H and O–H groups in total. The molecule has 1 aliphatic carbocycles. The van der Waals surface area contributed by atoms with Crippen molar-refractivity contribution in [2.24, 2.45) is 11.8 Å². The lowest BCUT2D eigenvalue weighted by Crippen LogP contribution is -2.33. The van der Waals surface area contributed by atoms with Crippen molar-refractivity contribution in [3.63, 3.8) is 0 Å². The molecule has 1 aromatic carbocycles. The lowest BCUT2D eigenvalue weighted by Gasteiger charge is -2.28. The van der Waals surface area contributed by atoms with Crippen LogP contribution in [0.15, 0.2) is 29.2 Å². The van der Waals surface area contributed by atoms with Crippen molar-refractivity contribution in [3.8, 4) is 0 Å². The molecule has 2 atom stereocenters. The summed E-state index contributed by atoms with van der Waals surface area (Å²) >= 11 is 5.68. The predicted molar refractivity (Wildman–Crippen MR) is 87.2 cm³/mol. The molecular formula is C16H24ClNO2S. The quantitative estimate of drug-likeness (QED) is 0.811. The first-order valence-electron chi connectivity index (χ1n) is 7.67. The monoisotopic (exact) mass is 329 g/mol. The molecule has 1 aromatic rings. The summed E-state index contributed by atoms with van der Waals surface area (Å²) in [6.07, 6.45) is 5.57. The van der Waals surface area contributed by atoms with Crippen molar-refractivity contribution in [2.45, 2.75) is 43.9 Å². The smallest absolute Gasteiger partial charge is 0.211 e. The SMILES string of the molecule is CC1CCCCC1CNS(=O)(=O)c1ccc(CCCl)cc1. The molecule has 1 fully saturated rings. The van der Waals surface area contributed by atoms with Crippen LogP contribution < -0.4 is 4.72 Å². The molecule has 0 aliphatic heterocycles. The highest BCUT2D eigenvalue weighted by Gasteiger charge is 2.23. The zero-order chi connectivity index (χ0) is 15.3. The number of nitrogens with one attached hydrogen (secondary N) is 1. The van der Waals surface area contributed by atoms with E-state index in [0.717, 1.165) is 18.4 Å². The Balaban J connectivity index is 1.97. The number of alkyl halides is 1. The van der Waals surface area contributed by atoms with Crippen LogP contribution in [0.1, 0.15) is 38.2 Å². The van der Waals surface area contributed by atoms with Gasteiger partial charge in [-0.05, 0) is 42.4 Å². The number of benzene rings is 1. The van der Waals surface area contributed by atoms with Crippen molar-refractivity contribution in [1.82, 2.24) is 4.72 Å². The van der Waals surface area contributed by atoms with Gasteiger partial charge in [-0.15, -0.1) is 11.6 Å². The predicted octanol–water partition coefficient (Wildman–Crippen LogP) is 3.57. The number of hydrogen-bond donors (Lipinski definition) is 1. The Morgan fingerprint density at radius 3 is 2.48 bits per heavy atom. The second-order valence-electron chi connectivity index (χ2n) is 5.96. The second kappa shape index (κ2) is 7.61. The van der Waals surface area contributed by atoms with Gasteiger partial charge in [-0.25, -0.2) is 13.1 Å². The number of rotatable bonds is 6. The first-order chi connectivity index (χ1) is 10.0. The molecule has 5 heteroatoms. The summed E-state index contributed by atoms with van der Waals surface area (Å²) in [7, 11) is -3.40. The third-order valence-corrected chi connectivity index (χ3v) is 6.07. The summed E-state index contributed by atoms with van der Waals surface area (Å²) < 4.78 is 27.4. The molecule has 1 aliphatic rings. The van der Waals surface area contributed by atoms with Crippen LogP contribution in [0, 0.1) is 11.8 Å². The van der Waals surface area contributed by atoms with Crippen LogP contribution in [0.3, 0.4) is 0 Å². The molecular weight excluding hydrogens is 306 g/mol. The highest BCUT2D eigenvalue weighted by atomic mass is 35.5. The lowest BCUT2D eigenvalue weighted by molar-refractivity contribution is 0.257. The Bertz CT molecular complexity index is 542. The van der Waals surface area contributed by atoms with Crippen LogP contribution >= 0.6 is 11.6 Å². The van der Waals surface area contributed by atoms with Gasteiger partial charge in [0.05, 0.1) is 4.90 Å². The number of hydrogen-bond acceptors (Lipinski definition) is 2. The van der Waals surface area contributed by atoms with E-state index in [9.17, 15) is 8.42 Å². The summed E-state index contributed by atoms with van der Waals surface area (Å²) in [5, 5.41) is 0. The zero-order valence-electron chi connectivity index (χ0n) is 12.5. The molecule has 0 spiro atoms. The van der Waals surface area contributed by atoms with Gasteiger partial charge in [-0.2, -0.15) is 0 Å². The van der Waals surface area contributed by atoms with Crippen molar-refractivity contribution in [3.05, 3.63) is 29.8 Å².